The third-order valence-corrected chi connectivity index (χ3v) is 9.62. The number of β-lactam (4-membered cyclic amide) rings is 1. The summed E-state index contributed by atoms with van der Waals surface area (Å²) in [5, 5.41) is 21.4. The molecule has 0 aliphatic carbocycles. The Morgan fingerprint density at radius 2 is 2.09 bits per heavy atom. The number of aryl methyl sites for hydroxylation is 1. The number of aliphatic carboxylic acids is 1. The van der Waals surface area contributed by atoms with E-state index in [0.717, 1.165) is 5.01 Å². The van der Waals surface area contributed by atoms with Crippen molar-refractivity contribution in [3.63, 3.8) is 0 Å². The number of nitrogens with zero attached hydrogens (tertiary/aromatic N) is 4. The molecular weight excluding hydrogens is 531 g/mol. The summed E-state index contributed by atoms with van der Waals surface area (Å²) in [4.78, 5) is 41.2. The first-order valence-corrected chi connectivity index (χ1v) is 13.7. The SMILES string of the molecule is Cc1nnc(SCC2(C(=O)O)CS[C@@H]3C(N(C(=O)CN)c4ccc(NC(N)=S)cc4)C(=O)N3C2)s1. The van der Waals surface area contributed by atoms with Crippen LogP contribution >= 0.6 is 47.1 Å². The van der Waals surface area contributed by atoms with E-state index in [1.165, 1.54) is 39.8 Å². The van der Waals surface area contributed by atoms with Crippen LogP contribution in [0, 0.1) is 12.3 Å². The second kappa shape index (κ2) is 10.3. The molecule has 11 nitrogen and oxygen atoms in total. The average Bonchev–Trinajstić information content (AvgIpc) is 3.25. The molecule has 0 bridgehead atoms. The van der Waals surface area contributed by atoms with Crippen LogP contribution in [0.3, 0.4) is 0 Å². The van der Waals surface area contributed by atoms with E-state index >= 15 is 0 Å². The minimum atomic E-state index is -1.14. The van der Waals surface area contributed by atoms with E-state index in [9.17, 15) is 19.5 Å². The van der Waals surface area contributed by atoms with Crippen molar-refractivity contribution in [2.45, 2.75) is 22.7 Å². The number of anilines is 2. The molecule has 2 amide bonds. The molecule has 1 aromatic heterocycles. The fourth-order valence-electron chi connectivity index (χ4n) is 3.93. The monoisotopic (exact) mass is 553 g/mol. The Morgan fingerprint density at radius 3 is 2.66 bits per heavy atom. The first kappa shape index (κ1) is 25.6. The lowest BCUT2D eigenvalue weighted by Crippen LogP contribution is -2.75. The summed E-state index contributed by atoms with van der Waals surface area (Å²) in [6.45, 7) is 1.62. The number of carboxylic acids is 1. The predicted molar refractivity (Wildman–Crippen MR) is 141 cm³/mol. The molecule has 2 aromatic rings. The second-order valence-corrected chi connectivity index (χ2v) is 12.0. The van der Waals surface area contributed by atoms with Crippen LogP contribution in [0.1, 0.15) is 5.01 Å². The lowest BCUT2D eigenvalue weighted by Gasteiger charge is -2.56. The first-order valence-electron chi connectivity index (χ1n) is 10.4. The third-order valence-electron chi connectivity index (χ3n) is 5.68. The average molecular weight is 554 g/mol. The Bertz CT molecular complexity index is 1160. The molecule has 3 atom stereocenters. The van der Waals surface area contributed by atoms with E-state index in [4.69, 9.17) is 23.7 Å². The molecule has 1 aromatic carbocycles. The van der Waals surface area contributed by atoms with Crippen molar-refractivity contribution < 1.29 is 19.5 Å². The van der Waals surface area contributed by atoms with E-state index in [0.29, 0.717) is 21.5 Å². The van der Waals surface area contributed by atoms with Crippen molar-refractivity contribution in [1.29, 1.82) is 0 Å². The number of carboxylic acid groups (broad SMARTS) is 1. The van der Waals surface area contributed by atoms with Crippen molar-refractivity contribution in [3.05, 3.63) is 29.3 Å². The maximum absolute atomic E-state index is 13.2. The number of nitrogens with two attached hydrogens (primary N) is 2. The first-order chi connectivity index (χ1) is 16.6. The minimum Gasteiger partial charge on any atom is -0.481 e. The summed E-state index contributed by atoms with van der Waals surface area (Å²) < 4.78 is 0.691. The zero-order valence-electron chi connectivity index (χ0n) is 18.5. The topological polar surface area (TPSA) is 168 Å². The van der Waals surface area contributed by atoms with E-state index in [1.807, 2.05) is 6.92 Å². The molecule has 2 saturated heterocycles. The van der Waals surface area contributed by atoms with Gasteiger partial charge in [-0.05, 0) is 43.4 Å². The van der Waals surface area contributed by atoms with Gasteiger partial charge >= 0.3 is 5.97 Å². The fraction of sp³-hybridized carbons (Fsp3) is 0.400. The Kier molecular flexibility index (Phi) is 7.51. The van der Waals surface area contributed by atoms with Gasteiger partial charge < -0.3 is 26.8 Å². The number of nitrogens with one attached hydrogen (secondary N) is 1. The number of thioether (sulfide) groups is 2. The van der Waals surface area contributed by atoms with Crippen molar-refractivity contribution in [2.75, 3.05) is 34.8 Å². The fourth-order valence-corrected chi connectivity index (χ4v) is 7.77. The third kappa shape index (κ3) is 5.09. The number of carbonyl (C=O) groups is 3. The number of hydrogen-bond acceptors (Lipinski definition) is 10. The highest BCUT2D eigenvalue weighted by molar-refractivity contribution is 8.01. The number of amides is 2. The maximum Gasteiger partial charge on any atom is 0.313 e. The second-order valence-electron chi connectivity index (χ2n) is 8.08. The van der Waals surface area contributed by atoms with Gasteiger partial charge in [0.1, 0.15) is 21.8 Å². The van der Waals surface area contributed by atoms with Crippen LogP contribution in [0.15, 0.2) is 28.6 Å². The summed E-state index contributed by atoms with van der Waals surface area (Å²) in [5.41, 5.74) is 11.2. The molecule has 0 saturated carbocycles. The van der Waals surface area contributed by atoms with Crippen LogP contribution in [0.25, 0.3) is 0 Å². The van der Waals surface area contributed by atoms with Crippen LogP contribution in [0.4, 0.5) is 11.4 Å². The van der Waals surface area contributed by atoms with Crippen LogP contribution in [0.2, 0.25) is 0 Å². The van der Waals surface area contributed by atoms with Gasteiger partial charge in [0.15, 0.2) is 9.45 Å². The predicted octanol–water partition coefficient (Wildman–Crippen LogP) is 0.941. The molecule has 0 radical (unpaired) electrons. The van der Waals surface area contributed by atoms with Crippen LogP contribution < -0.4 is 21.7 Å². The highest BCUT2D eigenvalue weighted by atomic mass is 32.2. The molecule has 2 unspecified atom stereocenters. The number of hydrogen-bond donors (Lipinski definition) is 4. The van der Waals surface area contributed by atoms with Gasteiger partial charge in [0.25, 0.3) is 0 Å². The Morgan fingerprint density at radius 1 is 1.37 bits per heavy atom. The molecule has 3 heterocycles. The number of benzene rings is 1. The van der Waals surface area contributed by atoms with Crippen LogP contribution in [-0.2, 0) is 14.4 Å². The van der Waals surface area contributed by atoms with Crippen molar-refractivity contribution in [1.82, 2.24) is 15.1 Å². The van der Waals surface area contributed by atoms with Gasteiger partial charge in [0.2, 0.25) is 11.8 Å². The molecule has 2 fully saturated rings. The molecule has 35 heavy (non-hydrogen) atoms. The summed E-state index contributed by atoms with van der Waals surface area (Å²) in [5.74, 6) is -1.13. The summed E-state index contributed by atoms with van der Waals surface area (Å²) >= 11 is 8.93. The summed E-state index contributed by atoms with van der Waals surface area (Å²) in [6.07, 6.45) is 0. The van der Waals surface area contributed by atoms with E-state index in [2.05, 4.69) is 15.5 Å². The molecule has 0 spiro atoms. The lowest BCUT2D eigenvalue weighted by molar-refractivity contribution is -0.156. The largest absolute Gasteiger partial charge is 0.481 e. The van der Waals surface area contributed by atoms with Crippen molar-refractivity contribution >= 4 is 81.3 Å². The molecular formula is C20H23N7O4S4. The van der Waals surface area contributed by atoms with E-state index in [1.54, 1.807) is 29.2 Å². The zero-order chi connectivity index (χ0) is 25.3. The Balaban J connectivity index is 1.52. The summed E-state index contributed by atoms with van der Waals surface area (Å²) in [6, 6.07) is 5.99. The van der Waals surface area contributed by atoms with Gasteiger partial charge in [-0.1, -0.05) is 23.1 Å². The zero-order valence-corrected chi connectivity index (χ0v) is 21.8. The van der Waals surface area contributed by atoms with Gasteiger partial charge in [-0.3, -0.25) is 19.3 Å². The van der Waals surface area contributed by atoms with Gasteiger partial charge in [-0.15, -0.1) is 22.0 Å². The molecule has 186 valence electrons. The standard InChI is InChI=1S/C20H23N7O4S4/c1-10-24-25-19(35-10)34-9-20(17(30)31)7-26-15(29)14(16(26)33-8-20)27(13(28)6-21)12-4-2-11(3-5-12)23-18(22)32/h2-5,14,16H,6-9,21H2,1H3,(H,30,31)(H3,22,23,32)/t14?,16-,20?/m1/s1. The lowest BCUT2D eigenvalue weighted by atomic mass is 9.89. The number of rotatable bonds is 8. The number of aromatic nitrogens is 2. The van der Waals surface area contributed by atoms with E-state index < -0.39 is 23.3 Å². The highest BCUT2D eigenvalue weighted by Crippen LogP contribution is 2.46. The molecule has 2 aliphatic rings. The van der Waals surface area contributed by atoms with Crippen molar-refractivity contribution in [2.24, 2.45) is 16.9 Å². The highest BCUT2D eigenvalue weighted by Gasteiger charge is 2.59. The minimum absolute atomic E-state index is 0.0571. The molecule has 6 N–H and O–H groups in total. The van der Waals surface area contributed by atoms with Gasteiger partial charge in [-0.25, -0.2) is 0 Å². The molecule has 4 rings (SSSR count). The normalized spacial score (nSPS) is 23.3. The maximum atomic E-state index is 13.2. The quantitative estimate of drug-likeness (QED) is 0.208. The van der Waals surface area contributed by atoms with Gasteiger partial charge in [0, 0.05) is 29.4 Å². The van der Waals surface area contributed by atoms with Gasteiger partial charge in [-0.2, -0.15) is 0 Å². The molecule has 15 heteroatoms. The van der Waals surface area contributed by atoms with Crippen LogP contribution in [-0.4, -0.2) is 79.1 Å². The molecule has 2 aliphatic heterocycles. The summed E-state index contributed by atoms with van der Waals surface area (Å²) in [7, 11) is 0. The van der Waals surface area contributed by atoms with Crippen LogP contribution in [0.5, 0.6) is 0 Å². The Hall–Kier alpha value is -2.46. The number of fused-ring (bicyclic) bond motifs is 1. The van der Waals surface area contributed by atoms with Gasteiger partial charge in [0.05, 0.1) is 6.54 Å². The Labute approximate surface area is 219 Å². The number of carbonyl (C=O) groups excluding carboxylic acids is 2. The van der Waals surface area contributed by atoms with Crippen molar-refractivity contribution in [3.8, 4) is 0 Å². The number of thiocarbonyl (C=S) groups is 1. The smallest absolute Gasteiger partial charge is 0.313 e. The van der Waals surface area contributed by atoms with E-state index in [-0.39, 0.29) is 35.2 Å².